The molecule has 0 aliphatic heterocycles. The Morgan fingerprint density at radius 1 is 1.53 bits per heavy atom. The largest absolute Gasteiger partial charge is 0.395 e. The van der Waals surface area contributed by atoms with Gasteiger partial charge < -0.3 is 10.4 Å². The lowest BCUT2D eigenvalue weighted by Gasteiger charge is -1.99. The summed E-state index contributed by atoms with van der Waals surface area (Å²) < 4.78 is 0. The lowest BCUT2D eigenvalue weighted by Crippen LogP contribution is -2.21. The van der Waals surface area contributed by atoms with Gasteiger partial charge in [0.05, 0.1) is 22.6 Å². The van der Waals surface area contributed by atoms with Gasteiger partial charge in [-0.25, -0.2) is 0 Å². The second kappa shape index (κ2) is 6.73. The van der Waals surface area contributed by atoms with E-state index in [4.69, 9.17) is 5.11 Å². The van der Waals surface area contributed by atoms with E-state index in [-0.39, 0.29) is 12.5 Å². The molecule has 0 fully saturated rings. The standard InChI is InChI=1S/C13H13N3O2S/c17-6-2-1-3-11-4-5-12(19-11)13(18)14-7-10-8-15-16-9-10/h4-5,8-9,17H,2,6-7H2,(H,14,18)(H,15,16). The van der Waals surface area contributed by atoms with E-state index in [0.29, 0.717) is 17.8 Å². The summed E-state index contributed by atoms with van der Waals surface area (Å²) in [5.74, 6) is 5.60. The van der Waals surface area contributed by atoms with E-state index in [0.717, 1.165) is 10.4 Å². The number of aliphatic hydroxyl groups is 1. The van der Waals surface area contributed by atoms with Crippen LogP contribution in [0.2, 0.25) is 0 Å². The van der Waals surface area contributed by atoms with E-state index >= 15 is 0 Å². The zero-order chi connectivity index (χ0) is 13.5. The van der Waals surface area contributed by atoms with Crippen LogP contribution in [0.1, 0.15) is 26.5 Å². The second-order valence-electron chi connectivity index (χ2n) is 3.73. The van der Waals surface area contributed by atoms with Crippen LogP contribution < -0.4 is 5.32 Å². The Kier molecular flexibility index (Phi) is 4.72. The first kappa shape index (κ1) is 13.3. The second-order valence-corrected chi connectivity index (χ2v) is 4.81. The zero-order valence-corrected chi connectivity index (χ0v) is 11.0. The van der Waals surface area contributed by atoms with Crippen molar-refractivity contribution < 1.29 is 9.90 Å². The third-order valence-electron chi connectivity index (χ3n) is 2.29. The number of aliphatic hydroxyl groups excluding tert-OH is 1. The van der Waals surface area contributed by atoms with Crippen molar-refractivity contribution in [1.29, 1.82) is 0 Å². The highest BCUT2D eigenvalue weighted by atomic mass is 32.1. The highest BCUT2D eigenvalue weighted by molar-refractivity contribution is 7.14. The fraction of sp³-hybridized carbons (Fsp3) is 0.231. The van der Waals surface area contributed by atoms with Crippen molar-refractivity contribution in [3.05, 3.63) is 39.8 Å². The van der Waals surface area contributed by atoms with Crippen molar-refractivity contribution in [3.63, 3.8) is 0 Å². The summed E-state index contributed by atoms with van der Waals surface area (Å²) in [6.07, 6.45) is 3.85. The molecule has 98 valence electrons. The normalized spacial score (nSPS) is 9.74. The van der Waals surface area contributed by atoms with Crippen molar-refractivity contribution >= 4 is 17.2 Å². The van der Waals surface area contributed by atoms with Crippen molar-refractivity contribution in [3.8, 4) is 11.8 Å². The summed E-state index contributed by atoms with van der Waals surface area (Å²) in [6, 6.07) is 3.56. The SMILES string of the molecule is O=C(NCc1cn[nH]c1)c1ccc(C#CCCO)s1. The van der Waals surface area contributed by atoms with Gasteiger partial charge in [0.25, 0.3) is 5.91 Å². The fourth-order valence-electron chi connectivity index (χ4n) is 1.38. The Morgan fingerprint density at radius 3 is 3.16 bits per heavy atom. The highest BCUT2D eigenvalue weighted by Gasteiger charge is 2.08. The molecule has 2 aromatic heterocycles. The molecule has 2 aromatic rings. The topological polar surface area (TPSA) is 78.0 Å². The summed E-state index contributed by atoms with van der Waals surface area (Å²) in [5.41, 5.74) is 0.924. The van der Waals surface area contributed by atoms with Gasteiger partial charge in [0, 0.05) is 24.7 Å². The number of carbonyl (C=O) groups excluding carboxylic acids is 1. The maximum absolute atomic E-state index is 11.9. The molecule has 0 bridgehead atoms. The van der Waals surface area contributed by atoms with Crippen molar-refractivity contribution in [2.24, 2.45) is 0 Å². The maximum atomic E-state index is 11.9. The number of H-pyrrole nitrogens is 1. The molecule has 0 spiro atoms. The minimum absolute atomic E-state index is 0.0520. The number of rotatable bonds is 4. The third-order valence-corrected chi connectivity index (χ3v) is 3.29. The minimum Gasteiger partial charge on any atom is -0.395 e. The molecule has 0 aromatic carbocycles. The van der Waals surface area contributed by atoms with E-state index in [1.54, 1.807) is 18.5 Å². The number of hydrogen-bond donors (Lipinski definition) is 3. The Morgan fingerprint density at radius 2 is 2.42 bits per heavy atom. The Labute approximate surface area is 114 Å². The van der Waals surface area contributed by atoms with Crippen molar-refractivity contribution in [2.45, 2.75) is 13.0 Å². The molecule has 5 nitrogen and oxygen atoms in total. The average molecular weight is 275 g/mol. The molecular formula is C13H13N3O2S. The molecule has 0 aliphatic carbocycles. The number of nitrogens with one attached hydrogen (secondary N) is 2. The molecule has 1 amide bonds. The summed E-state index contributed by atoms with van der Waals surface area (Å²) in [6.45, 7) is 0.495. The molecular weight excluding hydrogens is 262 g/mol. The number of aromatic nitrogens is 2. The van der Waals surface area contributed by atoms with Gasteiger partial charge in [-0.3, -0.25) is 9.89 Å². The molecule has 0 radical (unpaired) electrons. The van der Waals surface area contributed by atoms with Crippen LogP contribution in [-0.4, -0.2) is 27.8 Å². The smallest absolute Gasteiger partial charge is 0.261 e. The number of carbonyl (C=O) groups is 1. The average Bonchev–Trinajstić information content (AvgIpc) is 3.07. The Hall–Kier alpha value is -2.10. The van der Waals surface area contributed by atoms with Crippen molar-refractivity contribution in [2.75, 3.05) is 6.61 Å². The van der Waals surface area contributed by atoms with Gasteiger partial charge in [-0.05, 0) is 12.1 Å². The van der Waals surface area contributed by atoms with Crippen LogP contribution in [0, 0.1) is 11.8 Å². The first-order chi connectivity index (χ1) is 9.29. The van der Waals surface area contributed by atoms with Crippen LogP contribution >= 0.6 is 11.3 Å². The summed E-state index contributed by atoms with van der Waals surface area (Å²) in [7, 11) is 0. The number of hydrogen-bond acceptors (Lipinski definition) is 4. The van der Waals surface area contributed by atoms with E-state index in [1.165, 1.54) is 11.3 Å². The van der Waals surface area contributed by atoms with Gasteiger partial charge in [-0.2, -0.15) is 5.10 Å². The number of nitrogens with zero attached hydrogens (tertiary/aromatic N) is 1. The number of amides is 1. The molecule has 0 saturated carbocycles. The predicted molar refractivity (Wildman–Crippen MR) is 72.7 cm³/mol. The molecule has 0 atom stereocenters. The Balaban J connectivity index is 1.91. The predicted octanol–water partition coefficient (Wildman–Crippen LogP) is 1.14. The molecule has 0 saturated heterocycles. The summed E-state index contributed by atoms with van der Waals surface area (Å²) in [5, 5.41) is 17.9. The lowest BCUT2D eigenvalue weighted by molar-refractivity contribution is 0.0955. The Bertz CT molecular complexity index is 593. The summed E-state index contributed by atoms with van der Waals surface area (Å²) in [4.78, 5) is 13.3. The van der Waals surface area contributed by atoms with Gasteiger partial charge in [-0.15, -0.1) is 11.3 Å². The molecule has 2 rings (SSSR count). The fourth-order valence-corrected chi connectivity index (χ4v) is 2.17. The van der Waals surface area contributed by atoms with Crippen LogP contribution in [0.5, 0.6) is 0 Å². The van der Waals surface area contributed by atoms with Gasteiger partial charge in [0.2, 0.25) is 0 Å². The van der Waals surface area contributed by atoms with Crippen LogP contribution in [-0.2, 0) is 6.54 Å². The molecule has 19 heavy (non-hydrogen) atoms. The molecule has 0 aliphatic rings. The van der Waals surface area contributed by atoms with Crippen LogP contribution in [0.4, 0.5) is 0 Å². The third kappa shape index (κ3) is 3.95. The first-order valence-corrected chi connectivity index (χ1v) is 6.56. The van der Waals surface area contributed by atoms with Crippen LogP contribution in [0.3, 0.4) is 0 Å². The first-order valence-electron chi connectivity index (χ1n) is 5.75. The molecule has 6 heteroatoms. The minimum atomic E-state index is -0.124. The maximum Gasteiger partial charge on any atom is 0.261 e. The highest BCUT2D eigenvalue weighted by Crippen LogP contribution is 2.15. The van der Waals surface area contributed by atoms with E-state index in [1.807, 2.05) is 6.07 Å². The lowest BCUT2D eigenvalue weighted by atomic mass is 10.3. The summed E-state index contributed by atoms with van der Waals surface area (Å²) >= 11 is 1.34. The van der Waals surface area contributed by atoms with Gasteiger partial charge in [0.15, 0.2) is 0 Å². The van der Waals surface area contributed by atoms with Gasteiger partial charge in [-0.1, -0.05) is 11.8 Å². The van der Waals surface area contributed by atoms with Crippen molar-refractivity contribution in [1.82, 2.24) is 15.5 Å². The number of thiophene rings is 1. The van der Waals surface area contributed by atoms with Crippen LogP contribution in [0.15, 0.2) is 24.5 Å². The van der Waals surface area contributed by atoms with E-state index < -0.39 is 0 Å². The quantitative estimate of drug-likeness (QED) is 0.732. The van der Waals surface area contributed by atoms with Gasteiger partial charge in [0.1, 0.15) is 0 Å². The van der Waals surface area contributed by atoms with E-state index in [9.17, 15) is 4.79 Å². The molecule has 3 N–H and O–H groups in total. The number of aromatic amines is 1. The van der Waals surface area contributed by atoms with Crippen LogP contribution in [0.25, 0.3) is 0 Å². The van der Waals surface area contributed by atoms with E-state index in [2.05, 4.69) is 27.4 Å². The molecule has 0 unspecified atom stereocenters. The van der Waals surface area contributed by atoms with Gasteiger partial charge >= 0.3 is 0 Å². The monoisotopic (exact) mass is 275 g/mol. The molecule has 2 heterocycles. The zero-order valence-electron chi connectivity index (χ0n) is 10.1.